The van der Waals surface area contributed by atoms with E-state index >= 15 is 0 Å². The lowest BCUT2D eigenvalue weighted by atomic mass is 9.76. The van der Waals surface area contributed by atoms with Crippen LogP contribution in [-0.2, 0) is 6.54 Å². The molecule has 0 aliphatic carbocycles. The Morgan fingerprint density at radius 1 is 1.36 bits per heavy atom. The predicted molar refractivity (Wildman–Crippen MR) is 90.9 cm³/mol. The third kappa shape index (κ3) is 4.34. The number of aromatic amines is 1. The molecule has 2 rings (SSSR count). The second-order valence-corrected chi connectivity index (χ2v) is 7.11. The number of halogens is 1. The van der Waals surface area contributed by atoms with Gasteiger partial charge in [-0.15, -0.1) is 0 Å². The molecule has 1 aromatic carbocycles. The third-order valence-corrected chi connectivity index (χ3v) is 4.04. The maximum absolute atomic E-state index is 11.2. The van der Waals surface area contributed by atoms with E-state index in [-0.39, 0.29) is 17.0 Å². The number of nitrogens with one attached hydrogen (secondary N) is 1. The van der Waals surface area contributed by atoms with Crippen LogP contribution < -0.4 is 5.69 Å². The summed E-state index contributed by atoms with van der Waals surface area (Å²) in [5, 5.41) is 3.44. The topological polar surface area (TPSA) is 50.7 Å². The number of benzene rings is 1. The molecule has 0 aliphatic rings. The van der Waals surface area contributed by atoms with Crippen molar-refractivity contribution in [3.63, 3.8) is 0 Å². The summed E-state index contributed by atoms with van der Waals surface area (Å²) in [5.74, 6) is 0.271. The van der Waals surface area contributed by atoms with Crippen molar-refractivity contribution in [3.8, 4) is 0 Å². The van der Waals surface area contributed by atoms with Gasteiger partial charge in [0.15, 0.2) is 0 Å². The minimum absolute atomic E-state index is 0.0637. The fourth-order valence-corrected chi connectivity index (χ4v) is 2.74. The molecule has 4 nitrogen and oxygen atoms in total. The fourth-order valence-electron chi connectivity index (χ4n) is 2.62. The van der Waals surface area contributed by atoms with Crippen LogP contribution >= 0.6 is 11.6 Å². The first-order valence-electron chi connectivity index (χ1n) is 7.31. The Morgan fingerprint density at radius 2 is 2.00 bits per heavy atom. The van der Waals surface area contributed by atoms with Gasteiger partial charge in [0.1, 0.15) is 6.33 Å². The van der Waals surface area contributed by atoms with Gasteiger partial charge >= 0.3 is 5.69 Å². The lowest BCUT2D eigenvalue weighted by Gasteiger charge is -2.31. The van der Waals surface area contributed by atoms with Gasteiger partial charge in [0.2, 0.25) is 0 Å². The van der Waals surface area contributed by atoms with Crippen LogP contribution in [0.15, 0.2) is 41.0 Å². The van der Waals surface area contributed by atoms with Crippen LogP contribution in [-0.4, -0.2) is 14.8 Å². The van der Waals surface area contributed by atoms with Crippen LogP contribution in [0.25, 0.3) is 6.08 Å². The number of rotatable bonds is 4. The fraction of sp³-hybridized carbons (Fsp3) is 0.412. The van der Waals surface area contributed by atoms with Crippen molar-refractivity contribution in [1.29, 1.82) is 0 Å². The van der Waals surface area contributed by atoms with Crippen molar-refractivity contribution in [1.82, 2.24) is 14.8 Å². The first-order valence-corrected chi connectivity index (χ1v) is 7.69. The quantitative estimate of drug-likeness (QED) is 0.926. The van der Waals surface area contributed by atoms with E-state index in [1.165, 1.54) is 5.57 Å². The number of aromatic nitrogens is 3. The molecular formula is C17H22ClN3O. The normalized spacial score (nSPS) is 14.1. The average molecular weight is 320 g/mol. The summed E-state index contributed by atoms with van der Waals surface area (Å²) in [4.78, 5) is 14.9. The summed E-state index contributed by atoms with van der Waals surface area (Å²) in [7, 11) is 0. The molecule has 0 spiro atoms. The molecule has 118 valence electrons. The van der Waals surface area contributed by atoms with Crippen LogP contribution in [0.2, 0.25) is 5.02 Å². The Labute approximate surface area is 135 Å². The molecule has 22 heavy (non-hydrogen) atoms. The van der Waals surface area contributed by atoms with E-state index in [9.17, 15) is 4.79 Å². The van der Waals surface area contributed by atoms with Gasteiger partial charge in [-0.3, -0.25) is 4.68 Å². The van der Waals surface area contributed by atoms with Gasteiger partial charge in [0, 0.05) is 17.5 Å². The van der Waals surface area contributed by atoms with Crippen LogP contribution in [0, 0.1) is 11.3 Å². The SMILES string of the molecule is CC(=Cc1ccc(Cl)cc1)C(Cn1cnc(=O)[nH]1)C(C)(C)C. The molecule has 1 aromatic heterocycles. The molecule has 0 amide bonds. The van der Waals surface area contributed by atoms with Crippen molar-refractivity contribution in [2.24, 2.45) is 11.3 Å². The summed E-state index contributed by atoms with van der Waals surface area (Å²) in [6.45, 7) is 9.41. The third-order valence-electron chi connectivity index (χ3n) is 3.79. The maximum Gasteiger partial charge on any atom is 0.361 e. The van der Waals surface area contributed by atoms with Crippen molar-refractivity contribution >= 4 is 17.7 Å². The molecule has 5 heteroatoms. The van der Waals surface area contributed by atoms with E-state index in [1.54, 1.807) is 11.0 Å². The van der Waals surface area contributed by atoms with Crippen molar-refractivity contribution in [2.75, 3.05) is 0 Å². The lowest BCUT2D eigenvalue weighted by molar-refractivity contribution is 0.243. The lowest BCUT2D eigenvalue weighted by Crippen LogP contribution is -2.27. The molecule has 0 saturated carbocycles. The average Bonchev–Trinajstić information content (AvgIpc) is 2.83. The second kappa shape index (κ2) is 6.53. The van der Waals surface area contributed by atoms with Crippen LogP contribution in [0.4, 0.5) is 0 Å². The monoisotopic (exact) mass is 319 g/mol. The Bertz CT molecular complexity index is 704. The van der Waals surface area contributed by atoms with Gasteiger partial charge in [0.05, 0.1) is 0 Å². The highest BCUT2D eigenvalue weighted by molar-refractivity contribution is 6.30. The highest BCUT2D eigenvalue weighted by Crippen LogP contribution is 2.34. The van der Waals surface area contributed by atoms with Crippen molar-refractivity contribution < 1.29 is 0 Å². The van der Waals surface area contributed by atoms with Crippen molar-refractivity contribution in [2.45, 2.75) is 34.2 Å². The van der Waals surface area contributed by atoms with Gasteiger partial charge in [-0.2, -0.15) is 4.98 Å². The van der Waals surface area contributed by atoms with E-state index < -0.39 is 0 Å². The summed E-state index contributed by atoms with van der Waals surface area (Å²) >= 11 is 5.93. The van der Waals surface area contributed by atoms with E-state index in [2.05, 4.69) is 43.9 Å². The zero-order chi connectivity index (χ0) is 16.3. The van der Waals surface area contributed by atoms with E-state index in [1.807, 2.05) is 24.3 Å². The zero-order valence-electron chi connectivity index (χ0n) is 13.4. The molecule has 1 N–H and O–H groups in total. The van der Waals surface area contributed by atoms with Crippen LogP contribution in [0.1, 0.15) is 33.3 Å². The van der Waals surface area contributed by atoms with Gasteiger partial charge in [-0.05, 0) is 30.0 Å². The number of hydrogen-bond acceptors (Lipinski definition) is 2. The summed E-state index contributed by atoms with van der Waals surface area (Å²) in [5.41, 5.74) is 2.13. The van der Waals surface area contributed by atoms with Crippen molar-refractivity contribution in [3.05, 3.63) is 57.2 Å². The molecule has 0 fully saturated rings. The van der Waals surface area contributed by atoms with E-state index in [0.29, 0.717) is 6.54 Å². The second-order valence-electron chi connectivity index (χ2n) is 6.67. The Hall–Kier alpha value is -1.81. The Kier molecular flexibility index (Phi) is 4.91. The van der Waals surface area contributed by atoms with Gasteiger partial charge < -0.3 is 0 Å². The molecular weight excluding hydrogens is 298 g/mol. The summed E-state index contributed by atoms with van der Waals surface area (Å²) in [6.07, 6.45) is 3.72. The highest BCUT2D eigenvalue weighted by atomic mass is 35.5. The number of H-pyrrole nitrogens is 1. The minimum Gasteiger partial charge on any atom is -0.272 e. The van der Waals surface area contributed by atoms with Gasteiger partial charge in [-0.1, -0.05) is 56.2 Å². The Morgan fingerprint density at radius 3 is 2.50 bits per heavy atom. The maximum atomic E-state index is 11.2. The molecule has 1 atom stereocenters. The molecule has 0 radical (unpaired) electrons. The molecule has 0 aliphatic heterocycles. The predicted octanol–water partition coefficient (Wildman–Crippen LogP) is 3.99. The summed E-state index contributed by atoms with van der Waals surface area (Å²) in [6, 6.07) is 7.79. The number of allylic oxidation sites excluding steroid dienone is 1. The van der Waals surface area contributed by atoms with Gasteiger partial charge in [0.25, 0.3) is 0 Å². The Balaban J connectivity index is 2.28. The van der Waals surface area contributed by atoms with Crippen LogP contribution in [0.3, 0.4) is 0 Å². The first-order chi connectivity index (χ1) is 10.3. The first kappa shape index (κ1) is 16.6. The molecule has 2 aromatic rings. The standard InChI is InChI=1S/C17H22ClN3O/c1-12(9-13-5-7-14(18)8-6-13)15(17(2,3)4)10-21-11-19-16(22)20-21/h5-9,11,15H,10H2,1-4H3,(H,20,22). The minimum atomic E-state index is -0.313. The van der Waals surface area contributed by atoms with E-state index in [0.717, 1.165) is 10.6 Å². The largest absolute Gasteiger partial charge is 0.361 e. The summed E-state index contributed by atoms with van der Waals surface area (Å²) < 4.78 is 1.75. The number of nitrogens with zero attached hydrogens (tertiary/aromatic N) is 2. The number of hydrogen-bond donors (Lipinski definition) is 1. The molecule has 1 unspecified atom stereocenters. The highest BCUT2D eigenvalue weighted by Gasteiger charge is 2.26. The van der Waals surface area contributed by atoms with E-state index in [4.69, 9.17) is 11.6 Å². The molecule has 0 bridgehead atoms. The smallest absolute Gasteiger partial charge is 0.272 e. The molecule has 0 saturated heterocycles. The molecule has 1 heterocycles. The zero-order valence-corrected chi connectivity index (χ0v) is 14.2. The van der Waals surface area contributed by atoms with Crippen LogP contribution in [0.5, 0.6) is 0 Å². The van der Waals surface area contributed by atoms with Gasteiger partial charge in [-0.25, -0.2) is 9.89 Å².